The number of ether oxygens (including phenoxy) is 3. The minimum absolute atomic E-state index is 0.582. The molecule has 0 radical (unpaired) electrons. The molecule has 0 unspecified atom stereocenters. The van der Waals surface area contributed by atoms with Crippen molar-refractivity contribution in [2.75, 3.05) is 40.6 Å². The lowest BCUT2D eigenvalue weighted by atomic mass is 10.5. The number of nitrogens with one attached hydrogen (secondary N) is 1. The summed E-state index contributed by atoms with van der Waals surface area (Å²) in [5, 5.41) is 6.22. The first-order chi connectivity index (χ1) is 8.86. The number of hydrogen-bond donors (Lipinski definition) is 1. The molecule has 0 atom stereocenters. The van der Waals surface area contributed by atoms with Gasteiger partial charge >= 0.3 is 0 Å². The summed E-state index contributed by atoms with van der Waals surface area (Å²) in [5.41, 5.74) is 1.01. The molecule has 5 nitrogen and oxygen atoms in total. The van der Waals surface area contributed by atoms with Gasteiger partial charge in [0.05, 0.1) is 25.5 Å². The summed E-state index contributed by atoms with van der Waals surface area (Å²) in [5.74, 6) is 0. The summed E-state index contributed by atoms with van der Waals surface area (Å²) in [7, 11) is 3.59. The Morgan fingerprint density at radius 2 is 2.06 bits per heavy atom. The van der Waals surface area contributed by atoms with Gasteiger partial charge in [0.2, 0.25) is 0 Å². The van der Waals surface area contributed by atoms with Gasteiger partial charge in [-0.15, -0.1) is 11.3 Å². The molecular weight excluding hydrogens is 252 g/mol. The van der Waals surface area contributed by atoms with Crippen LogP contribution in [-0.2, 0) is 27.4 Å². The van der Waals surface area contributed by atoms with E-state index in [0.717, 1.165) is 23.7 Å². The molecule has 18 heavy (non-hydrogen) atoms. The molecule has 1 rings (SSSR count). The Morgan fingerprint density at radius 1 is 1.22 bits per heavy atom. The van der Waals surface area contributed by atoms with Crippen LogP contribution in [0.1, 0.15) is 17.1 Å². The molecule has 0 fully saturated rings. The molecule has 6 heteroatoms. The van der Waals surface area contributed by atoms with Crippen LogP contribution in [0.15, 0.2) is 5.38 Å². The lowest BCUT2D eigenvalue weighted by Gasteiger charge is -2.04. The first-order valence-corrected chi connectivity index (χ1v) is 6.97. The highest BCUT2D eigenvalue weighted by Gasteiger charge is 2.00. The predicted molar refractivity (Wildman–Crippen MR) is 71.8 cm³/mol. The SMILES string of the molecule is CNCc1nc(COCCCOCCOC)cs1. The van der Waals surface area contributed by atoms with Crippen LogP contribution in [0.3, 0.4) is 0 Å². The maximum Gasteiger partial charge on any atom is 0.107 e. The van der Waals surface area contributed by atoms with Crippen LogP contribution in [0.5, 0.6) is 0 Å². The second-order valence-corrected chi connectivity index (χ2v) is 4.72. The van der Waals surface area contributed by atoms with Gasteiger partial charge in [0, 0.05) is 32.2 Å². The van der Waals surface area contributed by atoms with Crippen LogP contribution in [0.2, 0.25) is 0 Å². The summed E-state index contributed by atoms with van der Waals surface area (Å²) in [6.45, 7) is 4.11. The number of rotatable bonds is 11. The van der Waals surface area contributed by atoms with Gasteiger partial charge < -0.3 is 19.5 Å². The second-order valence-electron chi connectivity index (χ2n) is 3.77. The van der Waals surface area contributed by atoms with E-state index in [0.29, 0.717) is 33.0 Å². The van der Waals surface area contributed by atoms with Crippen molar-refractivity contribution in [3.8, 4) is 0 Å². The first-order valence-electron chi connectivity index (χ1n) is 6.09. The van der Waals surface area contributed by atoms with E-state index < -0.39 is 0 Å². The van der Waals surface area contributed by atoms with Gasteiger partial charge in [0.25, 0.3) is 0 Å². The molecule has 1 N–H and O–H groups in total. The summed E-state index contributed by atoms with van der Waals surface area (Å²) in [6, 6.07) is 0. The Bertz CT molecular complexity index is 307. The van der Waals surface area contributed by atoms with Gasteiger partial charge in [-0.25, -0.2) is 4.98 Å². The van der Waals surface area contributed by atoms with Crippen molar-refractivity contribution < 1.29 is 14.2 Å². The van der Waals surface area contributed by atoms with E-state index >= 15 is 0 Å². The van der Waals surface area contributed by atoms with Crippen LogP contribution in [0, 0.1) is 0 Å². The van der Waals surface area contributed by atoms with Crippen molar-refractivity contribution in [2.24, 2.45) is 0 Å². The normalized spacial score (nSPS) is 11.0. The Morgan fingerprint density at radius 3 is 2.83 bits per heavy atom. The molecule has 0 bridgehead atoms. The highest BCUT2D eigenvalue weighted by Crippen LogP contribution is 2.10. The zero-order valence-electron chi connectivity index (χ0n) is 11.1. The van der Waals surface area contributed by atoms with Gasteiger partial charge in [-0.3, -0.25) is 0 Å². The summed E-state index contributed by atoms with van der Waals surface area (Å²) < 4.78 is 15.7. The molecular formula is C12H22N2O3S. The number of hydrogen-bond acceptors (Lipinski definition) is 6. The van der Waals surface area contributed by atoms with Crippen molar-refractivity contribution in [1.29, 1.82) is 0 Å². The maximum absolute atomic E-state index is 5.53. The molecule has 0 saturated heterocycles. The van der Waals surface area contributed by atoms with E-state index in [1.54, 1.807) is 18.4 Å². The number of thiazole rings is 1. The fourth-order valence-electron chi connectivity index (χ4n) is 1.33. The van der Waals surface area contributed by atoms with Crippen molar-refractivity contribution >= 4 is 11.3 Å². The van der Waals surface area contributed by atoms with Crippen molar-refractivity contribution in [2.45, 2.75) is 19.6 Å². The Hall–Kier alpha value is -0.530. The fraction of sp³-hybridized carbons (Fsp3) is 0.750. The molecule has 1 aromatic heterocycles. The molecule has 0 spiro atoms. The number of methoxy groups -OCH3 is 1. The minimum atomic E-state index is 0.582. The van der Waals surface area contributed by atoms with Crippen LogP contribution >= 0.6 is 11.3 Å². The topological polar surface area (TPSA) is 52.6 Å². The van der Waals surface area contributed by atoms with Crippen molar-refractivity contribution in [1.82, 2.24) is 10.3 Å². The van der Waals surface area contributed by atoms with E-state index in [1.807, 2.05) is 12.4 Å². The van der Waals surface area contributed by atoms with E-state index in [9.17, 15) is 0 Å². The Labute approximate surface area is 112 Å². The first kappa shape index (κ1) is 15.5. The van der Waals surface area contributed by atoms with Crippen molar-refractivity contribution in [3.05, 3.63) is 16.1 Å². The molecule has 0 saturated carbocycles. The number of aromatic nitrogens is 1. The number of nitrogens with zero attached hydrogens (tertiary/aromatic N) is 1. The summed E-state index contributed by atoms with van der Waals surface area (Å²) in [6.07, 6.45) is 0.900. The summed E-state index contributed by atoms with van der Waals surface area (Å²) in [4.78, 5) is 4.44. The molecule has 1 heterocycles. The van der Waals surface area contributed by atoms with Crippen LogP contribution < -0.4 is 5.32 Å². The smallest absolute Gasteiger partial charge is 0.107 e. The minimum Gasteiger partial charge on any atom is -0.382 e. The van der Waals surface area contributed by atoms with Gasteiger partial charge in [-0.1, -0.05) is 0 Å². The largest absolute Gasteiger partial charge is 0.382 e. The van der Waals surface area contributed by atoms with Gasteiger partial charge in [0.1, 0.15) is 5.01 Å². The quantitative estimate of drug-likeness (QED) is 0.619. The van der Waals surface area contributed by atoms with E-state index in [2.05, 4.69) is 10.3 Å². The highest BCUT2D eigenvalue weighted by molar-refractivity contribution is 7.09. The second kappa shape index (κ2) is 10.4. The molecule has 0 aromatic carbocycles. The highest BCUT2D eigenvalue weighted by atomic mass is 32.1. The molecule has 0 amide bonds. The predicted octanol–water partition coefficient (Wildman–Crippen LogP) is 1.43. The van der Waals surface area contributed by atoms with Gasteiger partial charge in [0.15, 0.2) is 0 Å². The van der Waals surface area contributed by atoms with Crippen molar-refractivity contribution in [3.63, 3.8) is 0 Å². The van der Waals surface area contributed by atoms with Crippen LogP contribution in [0.25, 0.3) is 0 Å². The molecule has 0 aliphatic rings. The average molecular weight is 274 g/mol. The zero-order valence-corrected chi connectivity index (χ0v) is 11.9. The molecule has 0 aliphatic heterocycles. The van der Waals surface area contributed by atoms with E-state index in [1.165, 1.54) is 0 Å². The lowest BCUT2D eigenvalue weighted by molar-refractivity contribution is 0.0479. The van der Waals surface area contributed by atoms with E-state index in [4.69, 9.17) is 14.2 Å². The molecule has 0 aliphatic carbocycles. The molecule has 1 aromatic rings. The summed E-state index contributed by atoms with van der Waals surface area (Å²) >= 11 is 1.66. The fourth-order valence-corrected chi connectivity index (χ4v) is 2.12. The maximum atomic E-state index is 5.53. The standard InChI is InChI=1S/C12H22N2O3S/c1-13-8-12-14-11(10-18-12)9-17-5-3-4-16-7-6-15-2/h10,13H,3-9H2,1-2H3. The third kappa shape index (κ3) is 7.03. The zero-order chi connectivity index (χ0) is 13.1. The average Bonchev–Trinajstić information content (AvgIpc) is 2.81. The van der Waals surface area contributed by atoms with Gasteiger partial charge in [-0.2, -0.15) is 0 Å². The Balaban J connectivity index is 1.96. The van der Waals surface area contributed by atoms with Crippen LogP contribution in [0.4, 0.5) is 0 Å². The third-order valence-corrected chi connectivity index (χ3v) is 3.08. The van der Waals surface area contributed by atoms with Crippen LogP contribution in [-0.4, -0.2) is 45.6 Å². The Kier molecular flexibility index (Phi) is 8.97. The van der Waals surface area contributed by atoms with E-state index in [-0.39, 0.29) is 0 Å². The molecule has 104 valence electrons. The third-order valence-electron chi connectivity index (χ3n) is 2.19. The monoisotopic (exact) mass is 274 g/mol. The van der Waals surface area contributed by atoms with Gasteiger partial charge in [-0.05, 0) is 13.5 Å². The lowest BCUT2D eigenvalue weighted by Crippen LogP contribution is -2.06.